The summed E-state index contributed by atoms with van der Waals surface area (Å²) in [5, 5.41) is 0. The summed E-state index contributed by atoms with van der Waals surface area (Å²) < 4.78 is 0. The van der Waals surface area contributed by atoms with Crippen LogP contribution in [0.4, 0.5) is 0 Å². The number of hydrogen-bond acceptors (Lipinski definition) is 1. The van der Waals surface area contributed by atoms with Crippen molar-refractivity contribution in [2.45, 2.75) is 39.8 Å². The fraction of sp³-hybridized carbons (Fsp3) is 0.538. The molecule has 1 nitrogen and oxygen atoms in total. The summed E-state index contributed by atoms with van der Waals surface area (Å²) in [6.45, 7) is 9.01. The van der Waals surface area contributed by atoms with E-state index in [9.17, 15) is 0 Å². The van der Waals surface area contributed by atoms with Gasteiger partial charge in [-0.3, -0.25) is 4.90 Å². The third-order valence-electron chi connectivity index (χ3n) is 3.09. The molecular weight excluding hydrogens is 170 g/mol. The molecule has 0 aliphatic carbocycles. The van der Waals surface area contributed by atoms with Gasteiger partial charge in [0.1, 0.15) is 0 Å². The van der Waals surface area contributed by atoms with Crippen molar-refractivity contribution in [1.29, 1.82) is 0 Å². The van der Waals surface area contributed by atoms with E-state index in [1.807, 2.05) is 0 Å². The van der Waals surface area contributed by atoms with Crippen LogP contribution in [0.25, 0.3) is 0 Å². The number of benzene rings is 1. The predicted octanol–water partition coefficient (Wildman–Crippen LogP) is 3.06. The second-order valence-corrected chi connectivity index (χ2v) is 4.80. The van der Waals surface area contributed by atoms with Gasteiger partial charge in [0.05, 0.1) is 0 Å². The third-order valence-corrected chi connectivity index (χ3v) is 3.09. The molecule has 0 radical (unpaired) electrons. The number of nitrogens with zero attached hydrogens (tertiary/aromatic N) is 1. The monoisotopic (exact) mass is 189 g/mol. The molecule has 14 heavy (non-hydrogen) atoms. The Labute approximate surface area is 86.7 Å². The molecular formula is C13H19N. The van der Waals surface area contributed by atoms with Crippen LogP contribution < -0.4 is 0 Å². The second-order valence-electron chi connectivity index (χ2n) is 4.80. The van der Waals surface area contributed by atoms with Gasteiger partial charge in [-0.1, -0.05) is 26.0 Å². The molecule has 0 fully saturated rings. The third kappa shape index (κ3) is 1.57. The van der Waals surface area contributed by atoms with Gasteiger partial charge in [-0.15, -0.1) is 0 Å². The Hall–Kier alpha value is -0.820. The molecule has 0 aromatic heterocycles. The molecule has 1 heterocycles. The maximum Gasteiger partial charge on any atom is 0.0237 e. The Morgan fingerprint density at radius 2 is 1.71 bits per heavy atom. The molecule has 1 aliphatic rings. The molecule has 0 spiro atoms. The number of rotatable bonds is 1. The predicted molar refractivity (Wildman–Crippen MR) is 60.4 cm³/mol. The summed E-state index contributed by atoms with van der Waals surface area (Å²) in [6, 6.07) is 4.77. The van der Waals surface area contributed by atoms with E-state index in [0.29, 0.717) is 5.92 Å². The van der Waals surface area contributed by atoms with Gasteiger partial charge in [-0.05, 0) is 42.1 Å². The highest BCUT2D eigenvalue weighted by Gasteiger charge is 2.17. The average Bonchev–Trinajstić information content (AvgIpc) is 2.42. The molecule has 0 atom stereocenters. The van der Waals surface area contributed by atoms with Crippen LogP contribution in [0.5, 0.6) is 0 Å². The van der Waals surface area contributed by atoms with E-state index in [-0.39, 0.29) is 0 Å². The van der Waals surface area contributed by atoms with Crippen LogP contribution in [0.15, 0.2) is 12.1 Å². The van der Waals surface area contributed by atoms with Gasteiger partial charge in [0, 0.05) is 13.1 Å². The van der Waals surface area contributed by atoms with E-state index >= 15 is 0 Å². The van der Waals surface area contributed by atoms with Crippen molar-refractivity contribution >= 4 is 0 Å². The lowest BCUT2D eigenvalue weighted by atomic mass is 9.94. The molecule has 0 amide bonds. The molecule has 76 valence electrons. The largest absolute Gasteiger partial charge is 0.298 e. The summed E-state index contributed by atoms with van der Waals surface area (Å²) in [5.74, 6) is 0.645. The van der Waals surface area contributed by atoms with Crippen molar-refractivity contribution in [3.8, 4) is 0 Å². The van der Waals surface area contributed by atoms with Crippen molar-refractivity contribution in [2.24, 2.45) is 0 Å². The van der Waals surface area contributed by atoms with Crippen molar-refractivity contribution in [2.75, 3.05) is 7.05 Å². The molecule has 2 rings (SSSR count). The van der Waals surface area contributed by atoms with E-state index in [1.165, 1.54) is 22.3 Å². The first-order chi connectivity index (χ1) is 6.58. The minimum absolute atomic E-state index is 0.645. The SMILES string of the molecule is Cc1cc2c(cc1C(C)C)CN(C)C2. The molecule has 0 bridgehead atoms. The maximum atomic E-state index is 2.40. The fourth-order valence-corrected chi connectivity index (χ4v) is 2.39. The highest BCUT2D eigenvalue weighted by atomic mass is 15.1. The van der Waals surface area contributed by atoms with Gasteiger partial charge in [0.25, 0.3) is 0 Å². The van der Waals surface area contributed by atoms with Gasteiger partial charge in [0.15, 0.2) is 0 Å². The minimum atomic E-state index is 0.645. The number of hydrogen-bond donors (Lipinski definition) is 0. The lowest BCUT2D eigenvalue weighted by Crippen LogP contribution is -2.07. The van der Waals surface area contributed by atoms with Gasteiger partial charge in [-0.25, -0.2) is 0 Å². The molecule has 1 heteroatoms. The maximum absolute atomic E-state index is 2.40. The van der Waals surface area contributed by atoms with Gasteiger partial charge in [-0.2, -0.15) is 0 Å². The topological polar surface area (TPSA) is 3.24 Å². The van der Waals surface area contributed by atoms with Crippen molar-refractivity contribution in [3.05, 3.63) is 34.4 Å². The quantitative estimate of drug-likeness (QED) is 0.656. The number of fused-ring (bicyclic) bond motifs is 1. The van der Waals surface area contributed by atoms with E-state index in [2.05, 4.69) is 44.9 Å². The Kier molecular flexibility index (Phi) is 2.36. The Balaban J connectivity index is 2.45. The van der Waals surface area contributed by atoms with Crippen LogP contribution >= 0.6 is 0 Å². The van der Waals surface area contributed by atoms with Gasteiger partial charge >= 0.3 is 0 Å². The molecule has 1 aromatic carbocycles. The van der Waals surface area contributed by atoms with Crippen LogP contribution in [0.2, 0.25) is 0 Å². The second kappa shape index (κ2) is 3.39. The molecule has 0 N–H and O–H groups in total. The van der Waals surface area contributed by atoms with Crippen LogP contribution in [-0.4, -0.2) is 11.9 Å². The van der Waals surface area contributed by atoms with Crippen LogP contribution in [0.3, 0.4) is 0 Å². The summed E-state index contributed by atoms with van der Waals surface area (Å²) in [4.78, 5) is 2.37. The Morgan fingerprint density at radius 3 is 2.29 bits per heavy atom. The normalized spacial score (nSPS) is 16.4. The fourth-order valence-electron chi connectivity index (χ4n) is 2.39. The average molecular weight is 189 g/mol. The van der Waals surface area contributed by atoms with Crippen molar-refractivity contribution < 1.29 is 0 Å². The lowest BCUT2D eigenvalue weighted by molar-refractivity contribution is 0.353. The smallest absolute Gasteiger partial charge is 0.0237 e. The summed E-state index contributed by atoms with van der Waals surface area (Å²) >= 11 is 0. The molecule has 0 saturated carbocycles. The zero-order chi connectivity index (χ0) is 10.3. The highest BCUT2D eigenvalue weighted by Crippen LogP contribution is 2.28. The first-order valence-corrected chi connectivity index (χ1v) is 5.38. The Bertz CT molecular complexity index is 352. The van der Waals surface area contributed by atoms with Gasteiger partial charge < -0.3 is 0 Å². The molecule has 0 unspecified atom stereocenters. The summed E-state index contributed by atoms with van der Waals surface area (Å²) in [5.41, 5.74) is 6.02. The van der Waals surface area contributed by atoms with Crippen molar-refractivity contribution in [1.82, 2.24) is 4.90 Å². The molecule has 1 aliphatic heterocycles. The van der Waals surface area contributed by atoms with E-state index in [4.69, 9.17) is 0 Å². The van der Waals surface area contributed by atoms with Crippen LogP contribution in [0, 0.1) is 6.92 Å². The zero-order valence-corrected chi connectivity index (χ0v) is 9.59. The molecule has 1 aromatic rings. The lowest BCUT2D eigenvalue weighted by Gasteiger charge is -2.11. The molecule has 0 saturated heterocycles. The van der Waals surface area contributed by atoms with E-state index in [0.717, 1.165) is 13.1 Å². The summed E-state index contributed by atoms with van der Waals surface area (Å²) in [6.07, 6.45) is 0. The van der Waals surface area contributed by atoms with E-state index in [1.54, 1.807) is 0 Å². The standard InChI is InChI=1S/C13H19N/c1-9(2)13-6-12-8-14(4)7-11(12)5-10(13)3/h5-6,9H,7-8H2,1-4H3. The minimum Gasteiger partial charge on any atom is -0.298 e. The van der Waals surface area contributed by atoms with Crippen LogP contribution in [-0.2, 0) is 13.1 Å². The summed E-state index contributed by atoms with van der Waals surface area (Å²) in [7, 11) is 2.18. The highest BCUT2D eigenvalue weighted by molar-refractivity contribution is 5.41. The van der Waals surface area contributed by atoms with Crippen LogP contribution in [0.1, 0.15) is 42.0 Å². The Morgan fingerprint density at radius 1 is 1.14 bits per heavy atom. The first-order valence-electron chi connectivity index (χ1n) is 5.38. The number of aryl methyl sites for hydroxylation is 1. The first kappa shape index (κ1) is 9.72. The zero-order valence-electron chi connectivity index (χ0n) is 9.59. The van der Waals surface area contributed by atoms with Gasteiger partial charge in [0.2, 0.25) is 0 Å². The van der Waals surface area contributed by atoms with Crippen molar-refractivity contribution in [3.63, 3.8) is 0 Å². The van der Waals surface area contributed by atoms with E-state index < -0.39 is 0 Å².